The molecule has 0 bridgehead atoms. The minimum Gasteiger partial charge on any atom is -0.459 e. The molecule has 1 aromatic rings. The molecule has 136 valence electrons. The smallest absolute Gasteiger partial charge is 0.344 e. The fourth-order valence-electron chi connectivity index (χ4n) is 3.58. The number of β-lactam (4-membered cyclic amide) rings is 1. The van der Waals surface area contributed by atoms with Gasteiger partial charge in [-0.15, -0.1) is 11.8 Å². The lowest BCUT2D eigenvalue weighted by atomic mass is 9.81. The van der Waals surface area contributed by atoms with Crippen molar-refractivity contribution < 1.29 is 19.1 Å². The number of nitrogens with zero attached hydrogens (tertiary/aromatic N) is 2. The van der Waals surface area contributed by atoms with Crippen molar-refractivity contribution in [1.29, 1.82) is 0 Å². The maximum absolute atomic E-state index is 12.7. The molecule has 0 radical (unpaired) electrons. The highest BCUT2D eigenvalue weighted by molar-refractivity contribution is 8.01. The van der Waals surface area contributed by atoms with Gasteiger partial charge in [0.05, 0.1) is 6.42 Å². The monoisotopic (exact) mass is 372 g/mol. The maximum atomic E-state index is 12.7. The van der Waals surface area contributed by atoms with Crippen molar-refractivity contribution in [1.82, 2.24) is 4.90 Å². The Bertz CT molecular complexity index is 802. The number of carbonyl (C=O) groups excluding carboxylic acids is 3. The van der Waals surface area contributed by atoms with Gasteiger partial charge in [0.2, 0.25) is 0 Å². The van der Waals surface area contributed by atoms with Gasteiger partial charge in [-0.2, -0.15) is 0 Å². The zero-order valence-corrected chi connectivity index (χ0v) is 15.7. The summed E-state index contributed by atoms with van der Waals surface area (Å²) in [5.74, 6) is -1.14. The van der Waals surface area contributed by atoms with Crippen LogP contribution in [0.3, 0.4) is 0 Å². The number of hydrogen-bond donors (Lipinski definition) is 0. The summed E-state index contributed by atoms with van der Waals surface area (Å²) in [7, 11) is 0. The van der Waals surface area contributed by atoms with Crippen LogP contribution in [0.25, 0.3) is 4.85 Å². The third-order valence-corrected chi connectivity index (χ3v) is 6.45. The van der Waals surface area contributed by atoms with Gasteiger partial charge >= 0.3 is 17.4 Å². The van der Waals surface area contributed by atoms with E-state index in [1.807, 2.05) is 44.2 Å². The molecule has 0 N–H and O–H groups in total. The first-order valence-electron chi connectivity index (χ1n) is 8.32. The summed E-state index contributed by atoms with van der Waals surface area (Å²) in [5.41, 5.74) is -0.523. The van der Waals surface area contributed by atoms with Gasteiger partial charge < -0.3 is 4.74 Å². The van der Waals surface area contributed by atoms with Crippen molar-refractivity contribution in [2.45, 2.75) is 55.5 Å². The van der Waals surface area contributed by atoms with Crippen LogP contribution < -0.4 is 0 Å². The molecule has 26 heavy (non-hydrogen) atoms. The Morgan fingerprint density at radius 3 is 2.54 bits per heavy atom. The molecule has 2 aliphatic heterocycles. The van der Waals surface area contributed by atoms with E-state index in [0.29, 0.717) is 0 Å². The van der Waals surface area contributed by atoms with E-state index in [-0.39, 0.29) is 18.8 Å². The standard InChI is InChI=1S/C19H20N2O4S/c1-12(22)10-19(20-4)16(24)21-14(18(2,3)26-17(19)21)15(23)25-11-13-8-6-5-7-9-13/h5-9,14,17H,10-11H2,1-3H3/t14-,17+,19+/m0/s1. The molecule has 1 aromatic carbocycles. The number of fused-ring (bicyclic) bond motifs is 1. The molecule has 7 heteroatoms. The topological polar surface area (TPSA) is 68.0 Å². The molecule has 6 nitrogen and oxygen atoms in total. The number of hydrogen-bond acceptors (Lipinski definition) is 5. The summed E-state index contributed by atoms with van der Waals surface area (Å²) in [6.45, 7) is 12.7. The second-order valence-corrected chi connectivity index (χ2v) is 8.93. The Labute approximate surface area is 156 Å². The molecule has 2 heterocycles. The Kier molecular flexibility index (Phi) is 4.57. The molecule has 0 unspecified atom stereocenters. The Balaban J connectivity index is 1.79. The molecular weight excluding hydrogens is 352 g/mol. The summed E-state index contributed by atoms with van der Waals surface area (Å²) in [5, 5.41) is -0.499. The molecule has 0 aliphatic carbocycles. The first kappa shape index (κ1) is 18.5. The zero-order chi connectivity index (χ0) is 19.1. The van der Waals surface area contributed by atoms with E-state index in [0.717, 1.165) is 5.56 Å². The average molecular weight is 372 g/mol. The molecule has 2 saturated heterocycles. The number of thioether (sulfide) groups is 1. The quantitative estimate of drug-likeness (QED) is 0.451. The number of amides is 1. The fraction of sp³-hybridized carbons (Fsp3) is 0.474. The van der Waals surface area contributed by atoms with Crippen molar-refractivity contribution in [2.75, 3.05) is 0 Å². The molecule has 3 rings (SSSR count). The van der Waals surface area contributed by atoms with Crippen molar-refractivity contribution >= 4 is 29.4 Å². The Morgan fingerprint density at radius 1 is 1.31 bits per heavy atom. The lowest BCUT2D eigenvalue weighted by Gasteiger charge is -2.44. The second kappa shape index (κ2) is 6.44. The summed E-state index contributed by atoms with van der Waals surface area (Å²) in [6, 6.07) is 8.55. The number of esters is 1. The van der Waals surface area contributed by atoms with Crippen molar-refractivity contribution in [3.05, 3.63) is 47.3 Å². The van der Waals surface area contributed by atoms with Crippen LogP contribution in [0.4, 0.5) is 0 Å². The third kappa shape index (κ3) is 2.78. The van der Waals surface area contributed by atoms with Crippen LogP contribution in [0.5, 0.6) is 0 Å². The van der Waals surface area contributed by atoms with Gasteiger partial charge in [0.1, 0.15) is 18.4 Å². The third-order valence-electron chi connectivity index (χ3n) is 4.78. The predicted molar refractivity (Wildman–Crippen MR) is 97.0 cm³/mol. The van der Waals surface area contributed by atoms with Gasteiger partial charge in [0.25, 0.3) is 0 Å². The van der Waals surface area contributed by atoms with Crippen LogP contribution in [0.15, 0.2) is 30.3 Å². The molecule has 3 atom stereocenters. The zero-order valence-electron chi connectivity index (χ0n) is 14.9. The average Bonchev–Trinajstić information content (AvgIpc) is 2.87. The van der Waals surface area contributed by atoms with Crippen LogP contribution in [0, 0.1) is 6.57 Å². The number of rotatable bonds is 5. The van der Waals surface area contributed by atoms with E-state index < -0.39 is 33.6 Å². The van der Waals surface area contributed by atoms with E-state index in [1.54, 1.807) is 0 Å². The first-order chi connectivity index (χ1) is 12.2. The lowest BCUT2D eigenvalue weighted by molar-refractivity contribution is -0.167. The highest BCUT2D eigenvalue weighted by Crippen LogP contribution is 2.57. The van der Waals surface area contributed by atoms with Crippen LogP contribution in [0.2, 0.25) is 0 Å². The van der Waals surface area contributed by atoms with Gasteiger partial charge in [0.15, 0.2) is 5.37 Å². The minimum absolute atomic E-state index is 0.120. The largest absolute Gasteiger partial charge is 0.459 e. The molecule has 2 fully saturated rings. The first-order valence-corrected chi connectivity index (χ1v) is 9.20. The van der Waals surface area contributed by atoms with Crippen LogP contribution in [0.1, 0.15) is 32.8 Å². The van der Waals surface area contributed by atoms with Gasteiger partial charge in [-0.3, -0.25) is 19.3 Å². The molecule has 0 aromatic heterocycles. The number of ether oxygens (including phenoxy) is 1. The van der Waals surface area contributed by atoms with Crippen LogP contribution in [-0.2, 0) is 25.7 Å². The van der Waals surface area contributed by atoms with Gasteiger partial charge in [-0.25, -0.2) is 11.4 Å². The molecule has 0 spiro atoms. The minimum atomic E-state index is -1.39. The molecule has 2 aliphatic rings. The van der Waals surface area contributed by atoms with E-state index in [4.69, 9.17) is 11.3 Å². The van der Waals surface area contributed by atoms with Crippen LogP contribution in [-0.4, -0.2) is 44.3 Å². The second-order valence-electron chi connectivity index (χ2n) is 7.20. The highest BCUT2D eigenvalue weighted by Gasteiger charge is 2.77. The number of Topliss-reactive ketones (excluding diaryl/α,β-unsaturated/α-hetero) is 1. The number of carbonyl (C=O) groups is 3. The summed E-state index contributed by atoms with van der Waals surface area (Å²) in [6.07, 6.45) is -0.120. The summed E-state index contributed by atoms with van der Waals surface area (Å²) in [4.78, 5) is 42.0. The van der Waals surface area contributed by atoms with E-state index in [2.05, 4.69) is 4.85 Å². The molecule has 0 saturated carbocycles. The molecule has 1 amide bonds. The Hall–Kier alpha value is -2.33. The van der Waals surface area contributed by atoms with Crippen molar-refractivity contribution in [2.24, 2.45) is 0 Å². The molecular formula is C19H20N2O4S. The van der Waals surface area contributed by atoms with E-state index in [9.17, 15) is 14.4 Å². The van der Waals surface area contributed by atoms with Crippen molar-refractivity contribution in [3.63, 3.8) is 0 Å². The maximum Gasteiger partial charge on any atom is 0.344 e. The van der Waals surface area contributed by atoms with Gasteiger partial charge in [0, 0.05) is 4.75 Å². The predicted octanol–water partition coefficient (Wildman–Crippen LogP) is 2.43. The SMILES string of the molecule is [C-]#[N+][C@]1(CC(C)=O)C(=O)N2[C@@H](C(=O)OCc3ccccc3)C(C)(C)S[C@@H]21. The van der Waals surface area contributed by atoms with E-state index >= 15 is 0 Å². The van der Waals surface area contributed by atoms with Crippen molar-refractivity contribution in [3.8, 4) is 0 Å². The van der Waals surface area contributed by atoms with Gasteiger partial charge in [-0.1, -0.05) is 30.3 Å². The number of benzene rings is 1. The van der Waals surface area contributed by atoms with Gasteiger partial charge in [-0.05, 0) is 26.3 Å². The fourth-order valence-corrected chi connectivity index (χ4v) is 5.26. The highest BCUT2D eigenvalue weighted by atomic mass is 32.2. The number of ketones is 1. The summed E-state index contributed by atoms with van der Waals surface area (Å²) >= 11 is 1.39. The normalized spacial score (nSPS) is 28.7. The van der Waals surface area contributed by atoms with E-state index in [1.165, 1.54) is 23.6 Å². The summed E-state index contributed by atoms with van der Waals surface area (Å²) < 4.78 is 4.84. The van der Waals surface area contributed by atoms with Crippen LogP contribution >= 0.6 is 11.8 Å². The Morgan fingerprint density at radius 2 is 1.96 bits per heavy atom. The lowest BCUT2D eigenvalue weighted by Crippen LogP contribution is -2.72.